The number of anilines is 1. The average molecular weight is 332 g/mol. The maximum atomic E-state index is 4.33. The van der Waals surface area contributed by atoms with Gasteiger partial charge < -0.3 is 5.32 Å². The first-order chi connectivity index (χ1) is 9.63. The molecule has 5 nitrogen and oxygen atoms in total. The Bertz CT molecular complexity index is 735. The highest BCUT2D eigenvalue weighted by Gasteiger charge is 2.10. The summed E-state index contributed by atoms with van der Waals surface area (Å²) < 4.78 is 2.79. The molecule has 0 saturated carbocycles. The standard InChI is InChI=1S/C14H14BrN5/c1-9-7-13(20-14(18-9)16-8-17-20)19-10(2)11-3-5-12(15)6-4-11/h3-8,10,19H,1-2H3/t10-/m1/s1. The van der Waals surface area contributed by atoms with Gasteiger partial charge in [-0.25, -0.2) is 4.98 Å². The largest absolute Gasteiger partial charge is 0.363 e. The van der Waals surface area contributed by atoms with Crippen LogP contribution in [-0.2, 0) is 0 Å². The fourth-order valence-corrected chi connectivity index (χ4v) is 2.35. The van der Waals surface area contributed by atoms with Crippen LogP contribution in [0.15, 0.2) is 41.1 Å². The monoisotopic (exact) mass is 331 g/mol. The second-order valence-corrected chi connectivity index (χ2v) is 5.59. The van der Waals surface area contributed by atoms with Gasteiger partial charge in [0.05, 0.1) is 0 Å². The second kappa shape index (κ2) is 5.20. The van der Waals surface area contributed by atoms with Crippen LogP contribution in [0.4, 0.5) is 5.82 Å². The summed E-state index contributed by atoms with van der Waals surface area (Å²) in [5.74, 6) is 1.50. The van der Waals surface area contributed by atoms with E-state index in [1.807, 2.05) is 25.1 Å². The minimum atomic E-state index is 0.164. The molecule has 102 valence electrons. The molecule has 6 heteroatoms. The van der Waals surface area contributed by atoms with E-state index in [-0.39, 0.29) is 6.04 Å². The molecule has 0 aliphatic carbocycles. The van der Waals surface area contributed by atoms with E-state index in [4.69, 9.17) is 0 Å². The molecular weight excluding hydrogens is 318 g/mol. The lowest BCUT2D eigenvalue weighted by Gasteiger charge is -2.16. The molecule has 2 heterocycles. The van der Waals surface area contributed by atoms with Gasteiger partial charge in [0.25, 0.3) is 5.78 Å². The quantitative estimate of drug-likeness (QED) is 0.799. The number of aryl methyl sites for hydroxylation is 1. The van der Waals surface area contributed by atoms with Crippen molar-refractivity contribution in [3.8, 4) is 0 Å². The average Bonchev–Trinajstić information content (AvgIpc) is 2.87. The van der Waals surface area contributed by atoms with E-state index in [0.29, 0.717) is 5.78 Å². The van der Waals surface area contributed by atoms with Crippen LogP contribution >= 0.6 is 15.9 Å². The van der Waals surface area contributed by atoms with Gasteiger partial charge in [0.1, 0.15) is 12.1 Å². The van der Waals surface area contributed by atoms with Crippen LogP contribution in [-0.4, -0.2) is 19.6 Å². The molecule has 0 fully saturated rings. The van der Waals surface area contributed by atoms with E-state index in [9.17, 15) is 0 Å². The van der Waals surface area contributed by atoms with Gasteiger partial charge in [-0.05, 0) is 31.5 Å². The van der Waals surface area contributed by atoms with Gasteiger partial charge in [-0.2, -0.15) is 14.6 Å². The van der Waals surface area contributed by atoms with Crippen LogP contribution in [0.1, 0.15) is 24.2 Å². The molecular formula is C14H14BrN5. The number of rotatable bonds is 3. The van der Waals surface area contributed by atoms with Crippen molar-refractivity contribution >= 4 is 27.5 Å². The third kappa shape index (κ3) is 2.51. The second-order valence-electron chi connectivity index (χ2n) is 4.67. The van der Waals surface area contributed by atoms with Crippen LogP contribution in [0.2, 0.25) is 0 Å². The van der Waals surface area contributed by atoms with Gasteiger partial charge in [0, 0.05) is 22.3 Å². The molecule has 0 aliphatic rings. The SMILES string of the molecule is Cc1cc(N[C@H](C)c2ccc(Br)cc2)n2ncnc2n1. The maximum absolute atomic E-state index is 4.33. The Labute approximate surface area is 125 Å². The Hall–Kier alpha value is -1.95. The van der Waals surface area contributed by atoms with Crippen LogP contribution in [0, 0.1) is 6.92 Å². The van der Waals surface area contributed by atoms with Crippen LogP contribution in [0.3, 0.4) is 0 Å². The molecule has 0 bridgehead atoms. The van der Waals surface area contributed by atoms with Crippen molar-refractivity contribution in [2.24, 2.45) is 0 Å². The molecule has 20 heavy (non-hydrogen) atoms. The van der Waals surface area contributed by atoms with E-state index in [1.165, 1.54) is 11.9 Å². The van der Waals surface area contributed by atoms with E-state index in [0.717, 1.165) is 16.0 Å². The van der Waals surface area contributed by atoms with E-state index >= 15 is 0 Å². The lowest BCUT2D eigenvalue weighted by Crippen LogP contribution is -2.11. The van der Waals surface area contributed by atoms with Gasteiger partial charge in [-0.3, -0.25) is 0 Å². The van der Waals surface area contributed by atoms with Gasteiger partial charge in [-0.15, -0.1) is 0 Å². The summed E-state index contributed by atoms with van der Waals surface area (Å²) in [6.07, 6.45) is 1.51. The molecule has 0 unspecified atom stereocenters. The molecule has 3 rings (SSSR count). The molecule has 0 aliphatic heterocycles. The summed E-state index contributed by atoms with van der Waals surface area (Å²) >= 11 is 3.45. The molecule has 0 amide bonds. The molecule has 3 aromatic rings. The lowest BCUT2D eigenvalue weighted by molar-refractivity contribution is 0.837. The molecule has 1 aromatic carbocycles. The van der Waals surface area contributed by atoms with E-state index in [1.54, 1.807) is 4.52 Å². The molecule has 2 aromatic heterocycles. The summed E-state index contributed by atoms with van der Waals surface area (Å²) in [4.78, 5) is 8.46. The van der Waals surface area contributed by atoms with Crippen molar-refractivity contribution in [1.29, 1.82) is 0 Å². The summed E-state index contributed by atoms with van der Waals surface area (Å²) in [7, 11) is 0. The molecule has 1 N–H and O–H groups in total. The predicted octanol–water partition coefficient (Wildman–Crippen LogP) is 3.37. The van der Waals surface area contributed by atoms with Crippen molar-refractivity contribution < 1.29 is 0 Å². The topological polar surface area (TPSA) is 55.1 Å². The minimum absolute atomic E-state index is 0.164. The van der Waals surface area contributed by atoms with E-state index in [2.05, 4.69) is 55.4 Å². The summed E-state index contributed by atoms with van der Waals surface area (Å²) in [5.41, 5.74) is 2.12. The number of hydrogen-bond donors (Lipinski definition) is 1. The fraction of sp³-hybridized carbons (Fsp3) is 0.214. The van der Waals surface area contributed by atoms with Crippen LogP contribution in [0.25, 0.3) is 5.78 Å². The number of benzene rings is 1. The number of hydrogen-bond acceptors (Lipinski definition) is 4. The first-order valence-corrected chi connectivity index (χ1v) is 7.12. The van der Waals surface area contributed by atoms with E-state index < -0.39 is 0 Å². The third-order valence-corrected chi connectivity index (χ3v) is 3.64. The van der Waals surface area contributed by atoms with Crippen molar-refractivity contribution in [2.45, 2.75) is 19.9 Å². The number of fused-ring (bicyclic) bond motifs is 1. The Balaban J connectivity index is 1.92. The first kappa shape index (κ1) is 13.1. The highest BCUT2D eigenvalue weighted by molar-refractivity contribution is 9.10. The zero-order valence-electron chi connectivity index (χ0n) is 11.2. The van der Waals surface area contributed by atoms with Gasteiger partial charge in [0.2, 0.25) is 0 Å². The Morgan fingerprint density at radius 2 is 2.00 bits per heavy atom. The molecule has 0 saturated heterocycles. The summed E-state index contributed by atoms with van der Waals surface area (Å²) in [6.45, 7) is 4.06. The number of nitrogens with one attached hydrogen (secondary N) is 1. The van der Waals surface area contributed by atoms with Crippen LogP contribution < -0.4 is 5.32 Å². The fourth-order valence-electron chi connectivity index (χ4n) is 2.09. The Morgan fingerprint density at radius 3 is 2.75 bits per heavy atom. The van der Waals surface area contributed by atoms with Crippen molar-refractivity contribution in [3.63, 3.8) is 0 Å². The van der Waals surface area contributed by atoms with Crippen molar-refractivity contribution in [2.75, 3.05) is 5.32 Å². The number of aromatic nitrogens is 4. The van der Waals surface area contributed by atoms with Gasteiger partial charge in [0.15, 0.2) is 0 Å². The Morgan fingerprint density at radius 1 is 1.25 bits per heavy atom. The first-order valence-electron chi connectivity index (χ1n) is 6.33. The molecule has 1 atom stereocenters. The third-order valence-electron chi connectivity index (χ3n) is 3.11. The summed E-state index contributed by atoms with van der Waals surface area (Å²) in [6, 6.07) is 10.4. The summed E-state index contributed by atoms with van der Waals surface area (Å²) in [5, 5.41) is 7.65. The van der Waals surface area contributed by atoms with Gasteiger partial charge in [-0.1, -0.05) is 28.1 Å². The van der Waals surface area contributed by atoms with Crippen LogP contribution in [0.5, 0.6) is 0 Å². The maximum Gasteiger partial charge on any atom is 0.254 e. The molecule has 0 radical (unpaired) electrons. The zero-order chi connectivity index (χ0) is 14.1. The smallest absolute Gasteiger partial charge is 0.254 e. The Kier molecular flexibility index (Phi) is 3.40. The van der Waals surface area contributed by atoms with Gasteiger partial charge >= 0.3 is 0 Å². The number of nitrogens with zero attached hydrogens (tertiary/aromatic N) is 4. The normalized spacial score (nSPS) is 12.6. The predicted molar refractivity (Wildman–Crippen MR) is 81.7 cm³/mol. The zero-order valence-corrected chi connectivity index (χ0v) is 12.8. The number of halogens is 1. The van der Waals surface area contributed by atoms with Crippen molar-refractivity contribution in [3.05, 3.63) is 52.4 Å². The minimum Gasteiger partial charge on any atom is -0.363 e. The molecule has 0 spiro atoms. The van der Waals surface area contributed by atoms with Crippen molar-refractivity contribution in [1.82, 2.24) is 19.6 Å². The lowest BCUT2D eigenvalue weighted by atomic mass is 10.1. The highest BCUT2D eigenvalue weighted by Crippen LogP contribution is 2.21. The highest BCUT2D eigenvalue weighted by atomic mass is 79.9.